The van der Waals surface area contributed by atoms with E-state index < -0.39 is 5.97 Å². The van der Waals surface area contributed by atoms with Crippen LogP contribution in [0.15, 0.2) is 36.9 Å². The third-order valence-electron chi connectivity index (χ3n) is 4.00. The highest BCUT2D eigenvalue weighted by molar-refractivity contribution is 5.89. The van der Waals surface area contributed by atoms with Gasteiger partial charge >= 0.3 is 5.97 Å². The van der Waals surface area contributed by atoms with Crippen molar-refractivity contribution in [1.82, 2.24) is 34.3 Å². The molecule has 4 heterocycles. The van der Waals surface area contributed by atoms with Crippen LogP contribution >= 0.6 is 0 Å². The minimum absolute atomic E-state index is 0.154. The average molecular weight is 349 g/mol. The highest BCUT2D eigenvalue weighted by Gasteiger charge is 2.21. The topological polar surface area (TPSA) is 100 Å². The minimum Gasteiger partial charge on any atom is -0.464 e. The molecule has 0 aromatic carbocycles. The van der Waals surface area contributed by atoms with E-state index in [2.05, 4.69) is 25.1 Å². The molecule has 0 radical (unpaired) electrons. The van der Waals surface area contributed by atoms with Crippen LogP contribution < -0.4 is 0 Å². The standard InChI is InChI=1S/C17H15N7O2/c1-10-8-18-13-5-4-12(9-23(10)13)15-16(24-19-6-7-20-24)21-11(2)14(22-15)17(25)26-3/h4-9H,1-3H3. The highest BCUT2D eigenvalue weighted by atomic mass is 16.5. The van der Waals surface area contributed by atoms with E-state index in [0.717, 1.165) is 16.9 Å². The number of hydrogen-bond donors (Lipinski definition) is 0. The van der Waals surface area contributed by atoms with Crippen molar-refractivity contribution in [2.24, 2.45) is 0 Å². The van der Waals surface area contributed by atoms with E-state index in [1.807, 2.05) is 29.7 Å². The van der Waals surface area contributed by atoms with Crippen molar-refractivity contribution >= 4 is 11.6 Å². The first kappa shape index (κ1) is 15.9. The number of carbonyl (C=O) groups excluding carboxylic acids is 1. The first-order valence-electron chi connectivity index (χ1n) is 7.86. The number of hydrogen-bond acceptors (Lipinski definition) is 7. The molecule has 9 heteroatoms. The van der Waals surface area contributed by atoms with Crippen molar-refractivity contribution in [1.29, 1.82) is 0 Å². The van der Waals surface area contributed by atoms with E-state index in [-0.39, 0.29) is 5.69 Å². The summed E-state index contributed by atoms with van der Waals surface area (Å²) in [7, 11) is 1.31. The molecule has 4 aromatic rings. The van der Waals surface area contributed by atoms with Crippen LogP contribution in [0.1, 0.15) is 21.9 Å². The fraction of sp³-hybridized carbons (Fsp3) is 0.176. The van der Waals surface area contributed by atoms with Gasteiger partial charge in [-0.15, -0.1) is 4.80 Å². The highest BCUT2D eigenvalue weighted by Crippen LogP contribution is 2.25. The van der Waals surface area contributed by atoms with E-state index in [4.69, 9.17) is 4.74 Å². The van der Waals surface area contributed by atoms with Crippen LogP contribution in [-0.4, -0.2) is 47.4 Å². The summed E-state index contributed by atoms with van der Waals surface area (Å²) in [4.78, 5) is 26.8. The van der Waals surface area contributed by atoms with Gasteiger partial charge in [0, 0.05) is 23.7 Å². The summed E-state index contributed by atoms with van der Waals surface area (Å²) in [5.41, 5.74) is 3.62. The van der Waals surface area contributed by atoms with Gasteiger partial charge in [0.05, 0.1) is 25.2 Å². The molecule has 0 aliphatic heterocycles. The van der Waals surface area contributed by atoms with Crippen LogP contribution in [0.25, 0.3) is 22.7 Å². The van der Waals surface area contributed by atoms with E-state index >= 15 is 0 Å². The third-order valence-corrected chi connectivity index (χ3v) is 4.00. The lowest BCUT2D eigenvalue weighted by Gasteiger charge is -2.11. The molecule has 0 saturated heterocycles. The molecule has 0 fully saturated rings. The van der Waals surface area contributed by atoms with Crippen LogP contribution in [-0.2, 0) is 4.74 Å². The number of rotatable bonds is 3. The number of fused-ring (bicyclic) bond motifs is 1. The first-order chi connectivity index (χ1) is 12.6. The Bertz CT molecular complexity index is 1120. The van der Waals surface area contributed by atoms with Crippen LogP contribution in [0.5, 0.6) is 0 Å². The fourth-order valence-corrected chi connectivity index (χ4v) is 2.70. The van der Waals surface area contributed by atoms with Gasteiger partial charge in [0.15, 0.2) is 5.69 Å². The molecule has 0 aliphatic rings. The second-order valence-corrected chi connectivity index (χ2v) is 5.69. The number of methoxy groups -OCH3 is 1. The normalized spacial score (nSPS) is 11.0. The molecule has 0 spiro atoms. The Morgan fingerprint density at radius 2 is 1.88 bits per heavy atom. The maximum absolute atomic E-state index is 12.1. The van der Waals surface area contributed by atoms with Crippen molar-refractivity contribution in [3.63, 3.8) is 0 Å². The molecule has 26 heavy (non-hydrogen) atoms. The van der Waals surface area contributed by atoms with Crippen molar-refractivity contribution in [3.05, 3.63) is 54.0 Å². The summed E-state index contributed by atoms with van der Waals surface area (Å²) in [6, 6.07) is 3.75. The third kappa shape index (κ3) is 2.50. The fourth-order valence-electron chi connectivity index (χ4n) is 2.70. The number of pyridine rings is 1. The Morgan fingerprint density at radius 3 is 2.62 bits per heavy atom. The summed E-state index contributed by atoms with van der Waals surface area (Å²) >= 11 is 0. The minimum atomic E-state index is -0.545. The van der Waals surface area contributed by atoms with Crippen LogP contribution in [0.2, 0.25) is 0 Å². The van der Waals surface area contributed by atoms with E-state index in [0.29, 0.717) is 17.2 Å². The summed E-state index contributed by atoms with van der Waals surface area (Å²) in [5, 5.41) is 8.29. The lowest BCUT2D eigenvalue weighted by atomic mass is 10.2. The molecule has 0 atom stereocenters. The van der Waals surface area contributed by atoms with Gasteiger partial charge in [-0.25, -0.2) is 19.7 Å². The number of imidazole rings is 1. The van der Waals surface area contributed by atoms with Crippen molar-refractivity contribution < 1.29 is 9.53 Å². The zero-order valence-corrected chi connectivity index (χ0v) is 14.4. The number of carbonyl (C=O) groups is 1. The summed E-state index contributed by atoms with van der Waals surface area (Å²) in [6.07, 6.45) is 6.79. The Hall–Kier alpha value is -3.62. The van der Waals surface area contributed by atoms with Gasteiger partial charge in [0.2, 0.25) is 5.82 Å². The van der Waals surface area contributed by atoms with E-state index in [1.54, 1.807) is 25.5 Å². The number of ether oxygens (including phenoxy) is 1. The Labute approximate surface area is 148 Å². The number of aromatic nitrogens is 7. The molecular formula is C17H15N7O2. The second-order valence-electron chi connectivity index (χ2n) is 5.69. The molecule has 4 rings (SSSR count). The smallest absolute Gasteiger partial charge is 0.358 e. The quantitative estimate of drug-likeness (QED) is 0.520. The molecule has 9 nitrogen and oxygen atoms in total. The Morgan fingerprint density at radius 1 is 1.12 bits per heavy atom. The molecule has 0 unspecified atom stereocenters. The van der Waals surface area contributed by atoms with Crippen molar-refractivity contribution in [2.75, 3.05) is 7.11 Å². The summed E-state index contributed by atoms with van der Waals surface area (Å²) < 4.78 is 6.76. The molecule has 0 saturated carbocycles. The van der Waals surface area contributed by atoms with E-state index in [1.165, 1.54) is 11.9 Å². The first-order valence-corrected chi connectivity index (χ1v) is 7.86. The molecule has 130 valence electrons. The monoisotopic (exact) mass is 349 g/mol. The molecule has 0 N–H and O–H groups in total. The maximum atomic E-state index is 12.1. The largest absolute Gasteiger partial charge is 0.464 e. The number of esters is 1. The SMILES string of the molecule is COC(=O)c1nc(-c2ccc3ncc(C)n3c2)c(-n2nccn2)nc1C. The summed E-state index contributed by atoms with van der Waals surface area (Å²) in [6.45, 7) is 3.65. The van der Waals surface area contributed by atoms with Gasteiger partial charge in [-0.2, -0.15) is 10.2 Å². The average Bonchev–Trinajstić information content (AvgIpc) is 3.31. The molecule has 0 aliphatic carbocycles. The van der Waals surface area contributed by atoms with Crippen molar-refractivity contribution in [3.8, 4) is 17.1 Å². The lowest BCUT2D eigenvalue weighted by Crippen LogP contribution is -2.14. The summed E-state index contributed by atoms with van der Waals surface area (Å²) in [5.74, 6) is -0.117. The predicted molar refractivity (Wildman–Crippen MR) is 91.9 cm³/mol. The maximum Gasteiger partial charge on any atom is 0.358 e. The van der Waals surface area contributed by atoms with Gasteiger partial charge in [0.25, 0.3) is 0 Å². The van der Waals surface area contributed by atoms with Gasteiger partial charge in [0.1, 0.15) is 11.3 Å². The predicted octanol–water partition coefficient (Wildman–Crippen LogP) is 1.78. The Kier molecular flexibility index (Phi) is 3.68. The second kappa shape index (κ2) is 6.03. The molecule has 0 bridgehead atoms. The Balaban J connectivity index is 1.99. The lowest BCUT2D eigenvalue weighted by molar-refractivity contribution is 0.0592. The molecular weight excluding hydrogens is 334 g/mol. The van der Waals surface area contributed by atoms with Gasteiger partial charge in [-0.1, -0.05) is 0 Å². The van der Waals surface area contributed by atoms with Crippen LogP contribution in [0.3, 0.4) is 0 Å². The molecule has 0 amide bonds. The zero-order valence-electron chi connectivity index (χ0n) is 14.4. The van der Waals surface area contributed by atoms with Crippen LogP contribution in [0.4, 0.5) is 0 Å². The van der Waals surface area contributed by atoms with Gasteiger partial charge in [-0.05, 0) is 26.0 Å². The number of nitrogens with zero attached hydrogens (tertiary/aromatic N) is 7. The van der Waals surface area contributed by atoms with Gasteiger partial charge < -0.3 is 9.14 Å². The number of aryl methyl sites for hydroxylation is 2. The molecule has 4 aromatic heterocycles. The van der Waals surface area contributed by atoms with Crippen molar-refractivity contribution in [2.45, 2.75) is 13.8 Å². The van der Waals surface area contributed by atoms with Gasteiger partial charge in [-0.3, -0.25) is 0 Å². The van der Waals surface area contributed by atoms with Crippen LogP contribution in [0, 0.1) is 13.8 Å². The van der Waals surface area contributed by atoms with E-state index in [9.17, 15) is 4.79 Å². The zero-order chi connectivity index (χ0) is 18.3.